The number of aliphatic hydroxyl groups is 4. The number of hydrogen-bond donors (Lipinski definition) is 8. The van der Waals surface area contributed by atoms with Crippen molar-refractivity contribution in [2.75, 3.05) is 13.2 Å². The Morgan fingerprint density at radius 3 is 1.23 bits per heavy atom. The minimum absolute atomic E-state index is 0.0253. The highest BCUT2D eigenvalue weighted by Crippen LogP contribution is 2.25. The van der Waals surface area contributed by atoms with Crippen LogP contribution in [0.1, 0.15) is 47.3 Å². The lowest BCUT2D eigenvalue weighted by Gasteiger charge is -2.08. The Morgan fingerprint density at radius 2 is 0.971 bits per heavy atom. The maximum atomic E-state index is 10.3. The molecule has 0 fully saturated rings. The van der Waals surface area contributed by atoms with Gasteiger partial charge >= 0.3 is 11.9 Å². The quantitative estimate of drug-likeness (QED) is 0.152. The molecule has 0 spiro atoms. The summed E-state index contributed by atoms with van der Waals surface area (Å²) in [5.41, 5.74) is 2.15. The van der Waals surface area contributed by atoms with Crippen molar-refractivity contribution in [1.29, 1.82) is 0 Å². The molecule has 35 heavy (non-hydrogen) atoms. The SMILES string of the molecule is O=C(O)CCC(S)c1ccccc1.O=C(O)CCC(S)c1ccccc1.OC(O)COCC(O)O. The normalized spacial score (nSPS) is 12.1. The van der Waals surface area contributed by atoms with E-state index in [1.165, 1.54) is 0 Å². The highest BCUT2D eigenvalue weighted by molar-refractivity contribution is 7.80. The number of thiol groups is 2. The molecule has 0 bridgehead atoms. The fraction of sp³-hybridized carbons (Fsp3) is 0.417. The van der Waals surface area contributed by atoms with Crippen molar-refractivity contribution in [1.82, 2.24) is 0 Å². The number of aliphatic carboxylic acids is 2. The number of carboxylic acids is 2. The van der Waals surface area contributed by atoms with Crippen molar-refractivity contribution >= 4 is 37.2 Å². The van der Waals surface area contributed by atoms with E-state index in [2.05, 4.69) is 30.0 Å². The molecule has 0 aliphatic rings. The molecule has 0 saturated carbocycles. The van der Waals surface area contributed by atoms with Crippen LogP contribution in [0.3, 0.4) is 0 Å². The molecule has 2 unspecified atom stereocenters. The third kappa shape index (κ3) is 19.8. The van der Waals surface area contributed by atoms with Crippen molar-refractivity contribution in [3.63, 3.8) is 0 Å². The number of carboxylic acid groups (broad SMARTS) is 2. The fourth-order valence-corrected chi connectivity index (χ4v) is 3.09. The van der Waals surface area contributed by atoms with Gasteiger partial charge < -0.3 is 35.4 Å². The summed E-state index contributed by atoms with van der Waals surface area (Å²) in [6.07, 6.45) is -1.62. The van der Waals surface area contributed by atoms with Crippen molar-refractivity contribution in [3.8, 4) is 0 Å². The van der Waals surface area contributed by atoms with Gasteiger partial charge in [0, 0.05) is 23.3 Å². The first-order chi connectivity index (χ1) is 16.5. The summed E-state index contributed by atoms with van der Waals surface area (Å²) in [5.74, 6) is -1.54. The summed E-state index contributed by atoms with van der Waals surface area (Å²) in [7, 11) is 0. The number of hydrogen-bond acceptors (Lipinski definition) is 9. The number of ether oxygens (including phenoxy) is 1. The fourth-order valence-electron chi connectivity index (χ4n) is 2.48. The van der Waals surface area contributed by atoms with Gasteiger partial charge in [-0.2, -0.15) is 25.3 Å². The predicted octanol–water partition coefficient (Wildman–Crippen LogP) is 2.67. The average Bonchev–Trinajstić information content (AvgIpc) is 2.82. The zero-order chi connectivity index (χ0) is 26.6. The van der Waals surface area contributed by atoms with Crippen molar-refractivity contribution in [2.24, 2.45) is 0 Å². The summed E-state index contributed by atoms with van der Waals surface area (Å²) in [6.45, 7) is -0.616. The van der Waals surface area contributed by atoms with E-state index in [9.17, 15) is 9.59 Å². The molecule has 6 N–H and O–H groups in total. The topological polar surface area (TPSA) is 165 Å². The molecule has 0 aliphatic heterocycles. The largest absolute Gasteiger partial charge is 0.481 e. The minimum atomic E-state index is -1.55. The molecule has 2 rings (SSSR count). The van der Waals surface area contributed by atoms with Crippen LogP contribution in [0, 0.1) is 0 Å². The molecule has 9 nitrogen and oxygen atoms in total. The number of rotatable bonds is 12. The molecule has 0 aliphatic carbocycles. The van der Waals surface area contributed by atoms with E-state index < -0.39 is 24.5 Å². The molecule has 2 aromatic carbocycles. The molecule has 2 aromatic rings. The van der Waals surface area contributed by atoms with Crippen LogP contribution in [0.4, 0.5) is 0 Å². The molecule has 196 valence electrons. The second kappa shape index (κ2) is 20.1. The summed E-state index contributed by atoms with van der Waals surface area (Å²) in [4.78, 5) is 20.6. The molecular formula is C24H34O9S2. The summed E-state index contributed by atoms with van der Waals surface area (Å²) >= 11 is 8.66. The lowest BCUT2D eigenvalue weighted by Crippen LogP contribution is -2.20. The van der Waals surface area contributed by atoms with Crippen molar-refractivity contribution < 1.29 is 45.0 Å². The van der Waals surface area contributed by atoms with Gasteiger partial charge in [-0.25, -0.2) is 0 Å². The van der Waals surface area contributed by atoms with Gasteiger partial charge in [0.25, 0.3) is 0 Å². The molecule has 0 amide bonds. The number of aliphatic hydroxyl groups excluding tert-OH is 2. The molecule has 2 atom stereocenters. The van der Waals surface area contributed by atoms with Crippen LogP contribution < -0.4 is 0 Å². The summed E-state index contributed by atoms with van der Waals surface area (Å²) < 4.78 is 4.36. The first-order valence-corrected chi connectivity index (χ1v) is 11.8. The smallest absolute Gasteiger partial charge is 0.303 e. The molecule has 0 heterocycles. The van der Waals surface area contributed by atoms with Crippen molar-refractivity contribution in [2.45, 2.75) is 48.8 Å². The molecule has 0 aromatic heterocycles. The summed E-state index contributed by atoms with van der Waals surface area (Å²) in [5, 5.41) is 49.5. The Morgan fingerprint density at radius 1 is 0.657 bits per heavy atom. The zero-order valence-electron chi connectivity index (χ0n) is 19.1. The van der Waals surface area contributed by atoms with E-state index in [4.69, 9.17) is 30.6 Å². The standard InChI is InChI=1S/2C10H12O2S.C4H10O5/c2*11-10(12)7-6-9(13)8-4-2-1-3-5-8;5-3(6)1-9-2-4(7)8/h2*1-5,9,13H,6-7H2,(H,11,12);3-8H,1-2H2. The van der Waals surface area contributed by atoms with E-state index in [0.717, 1.165) is 11.1 Å². The third-order valence-corrected chi connectivity index (χ3v) is 5.28. The van der Waals surface area contributed by atoms with Gasteiger partial charge in [-0.3, -0.25) is 9.59 Å². The van der Waals surface area contributed by atoms with Crippen LogP contribution in [0.2, 0.25) is 0 Å². The Labute approximate surface area is 215 Å². The van der Waals surface area contributed by atoms with Crippen LogP contribution >= 0.6 is 25.3 Å². The zero-order valence-corrected chi connectivity index (χ0v) is 20.9. The maximum Gasteiger partial charge on any atom is 0.303 e. The van der Waals surface area contributed by atoms with E-state index >= 15 is 0 Å². The number of carbonyl (C=O) groups is 2. The van der Waals surface area contributed by atoms with E-state index in [0.29, 0.717) is 12.8 Å². The molecule has 11 heteroatoms. The number of benzene rings is 2. The Hall–Kier alpha value is -2.12. The first-order valence-electron chi connectivity index (χ1n) is 10.7. The summed E-state index contributed by atoms with van der Waals surface area (Å²) in [6, 6.07) is 19.4. The lowest BCUT2D eigenvalue weighted by atomic mass is 10.1. The van der Waals surface area contributed by atoms with Gasteiger partial charge in [0.15, 0.2) is 12.6 Å². The van der Waals surface area contributed by atoms with Gasteiger partial charge in [0.1, 0.15) is 0 Å². The average molecular weight is 531 g/mol. The van der Waals surface area contributed by atoms with Crippen LogP contribution in [0.5, 0.6) is 0 Å². The lowest BCUT2D eigenvalue weighted by molar-refractivity contribution is -0.139. The second-order valence-electron chi connectivity index (χ2n) is 7.22. The van der Waals surface area contributed by atoms with Crippen LogP contribution in [-0.4, -0.2) is 68.4 Å². The Bertz CT molecular complexity index is 738. The van der Waals surface area contributed by atoms with Gasteiger partial charge in [-0.15, -0.1) is 0 Å². The van der Waals surface area contributed by atoms with Gasteiger partial charge in [0.05, 0.1) is 13.2 Å². The van der Waals surface area contributed by atoms with E-state index in [1.807, 2.05) is 60.7 Å². The van der Waals surface area contributed by atoms with Gasteiger partial charge in [-0.05, 0) is 24.0 Å². The van der Waals surface area contributed by atoms with Crippen LogP contribution in [0.25, 0.3) is 0 Å². The Kier molecular flexibility index (Phi) is 18.9. The predicted molar refractivity (Wildman–Crippen MR) is 137 cm³/mol. The molecule has 0 saturated heterocycles. The van der Waals surface area contributed by atoms with Crippen molar-refractivity contribution in [3.05, 3.63) is 71.8 Å². The first kappa shape index (κ1) is 32.9. The van der Waals surface area contributed by atoms with E-state index in [1.54, 1.807) is 0 Å². The maximum absolute atomic E-state index is 10.3. The highest BCUT2D eigenvalue weighted by Gasteiger charge is 2.08. The van der Waals surface area contributed by atoms with Gasteiger partial charge in [0.2, 0.25) is 0 Å². The molecular weight excluding hydrogens is 496 g/mol. The minimum Gasteiger partial charge on any atom is -0.481 e. The van der Waals surface area contributed by atoms with E-state index in [-0.39, 0.29) is 36.6 Å². The Balaban J connectivity index is 0.000000506. The van der Waals surface area contributed by atoms with Crippen LogP contribution in [-0.2, 0) is 14.3 Å². The monoisotopic (exact) mass is 530 g/mol. The van der Waals surface area contributed by atoms with Crippen LogP contribution in [0.15, 0.2) is 60.7 Å². The molecule has 0 radical (unpaired) electrons. The third-order valence-electron chi connectivity index (χ3n) is 4.17. The highest BCUT2D eigenvalue weighted by atomic mass is 32.1. The second-order valence-corrected chi connectivity index (χ2v) is 8.46. The van der Waals surface area contributed by atoms with Gasteiger partial charge in [-0.1, -0.05) is 60.7 Å².